The third-order valence-electron chi connectivity index (χ3n) is 0.175. The molecule has 4 heteroatoms. The van der Waals surface area contributed by atoms with E-state index in [2.05, 4.69) is 6.58 Å². The second kappa shape index (κ2) is 9.03. The molecule has 7 heavy (non-hydrogen) atoms. The minimum atomic E-state index is -0.981. The minimum absolute atomic E-state index is 0.833. The summed E-state index contributed by atoms with van der Waals surface area (Å²) >= 11 is 1.72. The van der Waals surface area contributed by atoms with Gasteiger partial charge in [0.15, 0.2) is 0 Å². The smallest absolute Gasteiger partial charge is 0.327 e. The molecule has 0 aromatic rings. The van der Waals surface area contributed by atoms with E-state index in [-0.39, 0.29) is 0 Å². The van der Waals surface area contributed by atoms with E-state index in [1.165, 1.54) is 0 Å². The maximum atomic E-state index is 9.25. The molecule has 0 aliphatic carbocycles. The molecule has 0 rings (SSSR count). The van der Waals surface area contributed by atoms with E-state index >= 15 is 0 Å². The van der Waals surface area contributed by atoms with Crippen LogP contribution in [-0.2, 0) is 17.3 Å². The highest BCUT2D eigenvalue weighted by molar-refractivity contribution is 7.44. The zero-order valence-corrected chi connectivity index (χ0v) is 4.55. The van der Waals surface area contributed by atoms with Crippen molar-refractivity contribution in [1.29, 1.82) is 0 Å². The SMILES string of the molecule is C=CC(=O)O.O=[SH2]. The molecule has 0 aromatic heterocycles. The Balaban J connectivity index is 0. The van der Waals surface area contributed by atoms with E-state index < -0.39 is 5.97 Å². The maximum absolute atomic E-state index is 9.25. The number of carboxylic acid groups (broad SMARTS) is 1. The van der Waals surface area contributed by atoms with Gasteiger partial charge in [-0.3, -0.25) is 4.21 Å². The third-order valence-corrected chi connectivity index (χ3v) is 0.175. The molecule has 0 saturated carbocycles. The normalized spacial score (nSPS) is 5.29. The van der Waals surface area contributed by atoms with Crippen molar-refractivity contribution >= 4 is 18.5 Å². The summed E-state index contributed by atoms with van der Waals surface area (Å²) in [4.78, 5) is 9.25. The van der Waals surface area contributed by atoms with Crippen LogP contribution in [-0.4, -0.2) is 15.3 Å². The third kappa shape index (κ3) is 32.7. The number of carboxylic acids is 1. The summed E-state index contributed by atoms with van der Waals surface area (Å²) in [5.74, 6) is -0.981. The first-order valence-corrected chi connectivity index (χ1v) is 1.74. The highest BCUT2D eigenvalue weighted by Gasteiger charge is 1.73. The van der Waals surface area contributed by atoms with Gasteiger partial charge in [0.1, 0.15) is 0 Å². The van der Waals surface area contributed by atoms with Crippen molar-refractivity contribution in [2.45, 2.75) is 0 Å². The fraction of sp³-hybridized carbons (Fsp3) is 0. The Morgan fingerprint density at radius 1 is 1.71 bits per heavy atom. The predicted octanol–water partition coefficient (Wildman–Crippen LogP) is -0.615. The summed E-state index contributed by atoms with van der Waals surface area (Å²) < 4.78 is 8.06. The van der Waals surface area contributed by atoms with E-state index in [1.807, 2.05) is 0 Å². The van der Waals surface area contributed by atoms with Crippen LogP contribution in [0.4, 0.5) is 0 Å². The monoisotopic (exact) mass is 122 g/mol. The second-order valence-electron chi connectivity index (χ2n) is 0.542. The van der Waals surface area contributed by atoms with Gasteiger partial charge in [0.25, 0.3) is 0 Å². The molecule has 0 heterocycles. The molecule has 0 aromatic carbocycles. The molecule has 0 aliphatic rings. The van der Waals surface area contributed by atoms with Crippen LogP contribution in [0.25, 0.3) is 0 Å². The van der Waals surface area contributed by atoms with Gasteiger partial charge in [0.05, 0.1) is 0 Å². The fourth-order valence-corrected chi connectivity index (χ4v) is 0. The second-order valence-corrected chi connectivity index (χ2v) is 0.542. The molecule has 0 saturated heterocycles. The Morgan fingerprint density at radius 3 is 1.86 bits per heavy atom. The van der Waals surface area contributed by atoms with Gasteiger partial charge in [-0.2, -0.15) is 0 Å². The van der Waals surface area contributed by atoms with Crippen molar-refractivity contribution in [3.8, 4) is 0 Å². The zero-order chi connectivity index (χ0) is 6.28. The topological polar surface area (TPSA) is 54.4 Å². The van der Waals surface area contributed by atoms with Gasteiger partial charge in [-0.1, -0.05) is 6.58 Å². The fourth-order valence-electron chi connectivity index (χ4n) is 0. The summed E-state index contributed by atoms with van der Waals surface area (Å²) in [5, 5.41) is 7.60. The first-order chi connectivity index (χ1) is 3.27. The summed E-state index contributed by atoms with van der Waals surface area (Å²) in [7, 11) is 0. The van der Waals surface area contributed by atoms with Crippen molar-refractivity contribution < 1.29 is 14.1 Å². The maximum Gasteiger partial charge on any atom is 0.327 e. The van der Waals surface area contributed by atoms with Crippen LogP contribution in [0, 0.1) is 0 Å². The van der Waals surface area contributed by atoms with E-state index in [4.69, 9.17) is 9.32 Å². The molecule has 3 nitrogen and oxygen atoms in total. The summed E-state index contributed by atoms with van der Waals surface area (Å²) in [6, 6.07) is 0. The van der Waals surface area contributed by atoms with Gasteiger partial charge in [0.2, 0.25) is 0 Å². The van der Waals surface area contributed by atoms with Gasteiger partial charge in [-0.25, -0.2) is 4.79 Å². The summed E-state index contributed by atoms with van der Waals surface area (Å²) in [6.07, 6.45) is 0.833. The van der Waals surface area contributed by atoms with Crippen LogP contribution in [0.1, 0.15) is 0 Å². The average molecular weight is 122 g/mol. The lowest BCUT2D eigenvalue weighted by molar-refractivity contribution is -0.131. The van der Waals surface area contributed by atoms with Crippen molar-refractivity contribution in [1.82, 2.24) is 0 Å². The predicted molar refractivity (Wildman–Crippen MR) is 28.8 cm³/mol. The highest BCUT2D eigenvalue weighted by Crippen LogP contribution is 1.54. The lowest BCUT2D eigenvalue weighted by atomic mass is 10.7. The Labute approximate surface area is 46.2 Å². The van der Waals surface area contributed by atoms with Crippen LogP contribution in [0.5, 0.6) is 0 Å². The van der Waals surface area contributed by atoms with Crippen molar-refractivity contribution in [2.75, 3.05) is 0 Å². The van der Waals surface area contributed by atoms with E-state index in [0.717, 1.165) is 6.08 Å². The standard InChI is InChI=1S/C3H4O2.H2OS/c1-2-3(4)5;1-2/h2H,1H2,(H,4,5);2H2. The first kappa shape index (κ1) is 9.61. The molecule has 0 radical (unpaired) electrons. The van der Waals surface area contributed by atoms with Gasteiger partial charge in [-0.05, 0) is 12.5 Å². The Hall–Kier alpha value is -0.640. The molecule has 0 bridgehead atoms. The molecule has 0 spiro atoms. The van der Waals surface area contributed by atoms with Crippen molar-refractivity contribution in [2.24, 2.45) is 0 Å². The Bertz CT molecular complexity index is 70.6. The van der Waals surface area contributed by atoms with Crippen LogP contribution >= 0.6 is 0 Å². The minimum Gasteiger partial charge on any atom is -0.478 e. The number of hydrogen-bond donors (Lipinski definition) is 1. The number of rotatable bonds is 1. The summed E-state index contributed by atoms with van der Waals surface area (Å²) in [6.45, 7) is 2.96. The molecule has 0 unspecified atom stereocenters. The average Bonchev–Trinajstić information content (AvgIpc) is 1.73. The Morgan fingerprint density at radius 2 is 1.86 bits per heavy atom. The molecular formula is C3H6O3S. The van der Waals surface area contributed by atoms with E-state index in [9.17, 15) is 4.79 Å². The number of hydrogen-bond acceptors (Lipinski definition) is 2. The molecule has 42 valence electrons. The molecule has 0 aliphatic heterocycles. The number of aliphatic carboxylic acids is 1. The van der Waals surface area contributed by atoms with Crippen LogP contribution in [0.2, 0.25) is 0 Å². The van der Waals surface area contributed by atoms with Crippen molar-refractivity contribution in [3.05, 3.63) is 12.7 Å². The largest absolute Gasteiger partial charge is 0.478 e. The van der Waals surface area contributed by atoms with Gasteiger partial charge in [0, 0.05) is 6.08 Å². The van der Waals surface area contributed by atoms with Crippen LogP contribution in [0.15, 0.2) is 12.7 Å². The van der Waals surface area contributed by atoms with E-state index in [0.29, 0.717) is 0 Å². The molecule has 1 N–H and O–H groups in total. The highest BCUT2D eigenvalue weighted by atomic mass is 32.1. The first-order valence-electron chi connectivity index (χ1n) is 1.33. The van der Waals surface area contributed by atoms with Gasteiger partial charge in [-0.15, -0.1) is 0 Å². The van der Waals surface area contributed by atoms with Crippen molar-refractivity contribution in [3.63, 3.8) is 0 Å². The lowest BCUT2D eigenvalue weighted by Crippen LogP contribution is -1.82. The van der Waals surface area contributed by atoms with Gasteiger partial charge < -0.3 is 5.11 Å². The molecule has 0 fully saturated rings. The molecule has 0 amide bonds. The lowest BCUT2D eigenvalue weighted by Gasteiger charge is -1.64. The van der Waals surface area contributed by atoms with Crippen LogP contribution in [0.3, 0.4) is 0 Å². The van der Waals surface area contributed by atoms with Crippen LogP contribution < -0.4 is 0 Å². The molecule has 0 atom stereocenters. The zero-order valence-electron chi connectivity index (χ0n) is 3.55. The van der Waals surface area contributed by atoms with E-state index in [1.54, 1.807) is 12.5 Å². The molecular weight excluding hydrogens is 116 g/mol. The summed E-state index contributed by atoms with van der Waals surface area (Å²) in [5.41, 5.74) is 0. The quantitative estimate of drug-likeness (QED) is 0.472. The van der Waals surface area contributed by atoms with Gasteiger partial charge >= 0.3 is 5.97 Å². The Kier molecular flexibility index (Phi) is 12.4. The number of carbonyl (C=O) groups is 1.